The van der Waals surface area contributed by atoms with E-state index in [1.165, 1.54) is 17.4 Å². The number of rotatable bonds is 5. The summed E-state index contributed by atoms with van der Waals surface area (Å²) < 4.78 is 41.3. The first-order valence-corrected chi connectivity index (χ1v) is 11.6. The molecule has 0 bridgehead atoms. The number of halogens is 1. The van der Waals surface area contributed by atoms with Gasteiger partial charge in [-0.25, -0.2) is 22.9 Å². The Bertz CT molecular complexity index is 1130. The third-order valence-corrected chi connectivity index (χ3v) is 7.65. The molecule has 5 nitrogen and oxygen atoms in total. The van der Waals surface area contributed by atoms with Crippen LogP contribution in [0.4, 0.5) is 4.39 Å². The van der Waals surface area contributed by atoms with Gasteiger partial charge in [0, 0.05) is 34.8 Å². The van der Waals surface area contributed by atoms with E-state index < -0.39 is 10.0 Å². The van der Waals surface area contributed by atoms with E-state index in [1.807, 2.05) is 16.8 Å². The molecule has 1 unspecified atom stereocenters. The van der Waals surface area contributed by atoms with Gasteiger partial charge in [-0.15, -0.1) is 11.3 Å². The van der Waals surface area contributed by atoms with Crippen molar-refractivity contribution in [2.75, 3.05) is 0 Å². The predicted octanol–water partition coefficient (Wildman–Crippen LogP) is 4.13. The first-order chi connectivity index (χ1) is 13.2. The van der Waals surface area contributed by atoms with Crippen molar-refractivity contribution >= 4 is 21.4 Å². The number of aryl methyl sites for hydroxylation is 1. The Labute approximate surface area is 168 Å². The minimum Gasteiger partial charge on any atom is -0.327 e. The third kappa shape index (κ3) is 3.52. The van der Waals surface area contributed by atoms with E-state index in [4.69, 9.17) is 5.14 Å². The monoisotopic (exact) mass is 419 g/mol. The van der Waals surface area contributed by atoms with Crippen LogP contribution in [-0.2, 0) is 22.9 Å². The Morgan fingerprint density at radius 2 is 2.14 bits per heavy atom. The number of hydrogen-bond donors (Lipinski definition) is 1. The molecule has 0 spiro atoms. The van der Waals surface area contributed by atoms with Crippen LogP contribution in [0.25, 0.3) is 11.1 Å². The quantitative estimate of drug-likeness (QED) is 0.675. The number of primary sulfonamides is 1. The minimum absolute atomic E-state index is 0.0803. The standard InChI is InChI=1S/C20H22FN3O2S2/c1-12(2)9-14-11-16(20(27-14)28(22,25)26)13-3-4-15(17(21)10-13)18-5-6-19-23-7-8-24(18)19/h3-4,7-8,10-12,18H,5-6,9H2,1-2H3,(H2,22,25,26). The van der Waals surface area contributed by atoms with Crippen LogP contribution in [-0.4, -0.2) is 18.0 Å². The SMILES string of the molecule is CC(C)Cc1cc(-c2ccc(C3CCc4nccn43)c(F)c2)c(S(N)(=O)=O)s1. The highest BCUT2D eigenvalue weighted by molar-refractivity contribution is 7.91. The van der Waals surface area contributed by atoms with Crippen LogP contribution < -0.4 is 5.14 Å². The first-order valence-electron chi connectivity index (χ1n) is 9.21. The summed E-state index contributed by atoms with van der Waals surface area (Å²) in [5.74, 6) is 0.993. The van der Waals surface area contributed by atoms with Gasteiger partial charge in [0.05, 0.1) is 6.04 Å². The third-order valence-electron chi connectivity index (χ3n) is 5.01. The van der Waals surface area contributed by atoms with Crippen molar-refractivity contribution in [2.24, 2.45) is 11.1 Å². The largest absolute Gasteiger partial charge is 0.327 e. The second-order valence-electron chi connectivity index (χ2n) is 7.60. The van der Waals surface area contributed by atoms with Gasteiger partial charge in [-0.05, 0) is 36.5 Å². The van der Waals surface area contributed by atoms with Crippen molar-refractivity contribution in [3.05, 3.63) is 58.7 Å². The Morgan fingerprint density at radius 1 is 1.36 bits per heavy atom. The summed E-state index contributed by atoms with van der Waals surface area (Å²) in [7, 11) is -3.88. The van der Waals surface area contributed by atoms with Crippen molar-refractivity contribution in [3.8, 4) is 11.1 Å². The molecule has 1 aromatic carbocycles. The van der Waals surface area contributed by atoms with Crippen molar-refractivity contribution < 1.29 is 12.8 Å². The Morgan fingerprint density at radius 3 is 2.82 bits per heavy atom. The van der Waals surface area contributed by atoms with Crippen LogP contribution in [0.15, 0.2) is 40.9 Å². The zero-order chi connectivity index (χ0) is 20.1. The number of benzene rings is 1. The zero-order valence-electron chi connectivity index (χ0n) is 15.7. The van der Waals surface area contributed by atoms with Gasteiger partial charge in [-0.1, -0.05) is 26.0 Å². The lowest BCUT2D eigenvalue weighted by Gasteiger charge is -2.15. The summed E-state index contributed by atoms with van der Waals surface area (Å²) in [5, 5.41) is 5.43. The molecule has 0 saturated heterocycles. The minimum atomic E-state index is -3.88. The van der Waals surface area contributed by atoms with E-state index in [0.29, 0.717) is 22.6 Å². The maximum atomic E-state index is 15.0. The van der Waals surface area contributed by atoms with Crippen LogP contribution >= 0.6 is 11.3 Å². The van der Waals surface area contributed by atoms with Crippen LogP contribution in [0.3, 0.4) is 0 Å². The van der Waals surface area contributed by atoms with Gasteiger partial charge in [-0.2, -0.15) is 0 Å². The topological polar surface area (TPSA) is 78.0 Å². The normalized spacial score (nSPS) is 16.7. The fourth-order valence-corrected chi connectivity index (χ4v) is 6.22. The van der Waals surface area contributed by atoms with E-state index in [1.54, 1.807) is 18.3 Å². The van der Waals surface area contributed by atoms with E-state index in [-0.39, 0.29) is 16.1 Å². The molecule has 3 aromatic rings. The van der Waals surface area contributed by atoms with E-state index in [2.05, 4.69) is 18.8 Å². The number of thiophene rings is 1. The number of aromatic nitrogens is 2. The molecule has 2 N–H and O–H groups in total. The van der Waals surface area contributed by atoms with Crippen LogP contribution in [0.5, 0.6) is 0 Å². The molecular formula is C20H22FN3O2S2. The van der Waals surface area contributed by atoms with Crippen molar-refractivity contribution in [1.82, 2.24) is 9.55 Å². The van der Waals surface area contributed by atoms with E-state index >= 15 is 4.39 Å². The average Bonchev–Trinajstić information content (AvgIpc) is 3.28. The van der Waals surface area contributed by atoms with Gasteiger partial charge in [0.15, 0.2) is 0 Å². The molecule has 0 aliphatic carbocycles. The second kappa shape index (κ2) is 7.09. The molecule has 0 fully saturated rings. The molecule has 1 aliphatic rings. The molecule has 148 valence electrons. The highest BCUT2D eigenvalue weighted by atomic mass is 32.2. The van der Waals surface area contributed by atoms with Gasteiger partial charge in [0.25, 0.3) is 0 Å². The summed E-state index contributed by atoms with van der Waals surface area (Å²) in [6.45, 7) is 4.13. The summed E-state index contributed by atoms with van der Waals surface area (Å²) >= 11 is 1.17. The molecule has 1 aliphatic heterocycles. The van der Waals surface area contributed by atoms with Crippen LogP contribution in [0.2, 0.25) is 0 Å². The van der Waals surface area contributed by atoms with Crippen LogP contribution in [0, 0.1) is 11.7 Å². The number of nitrogens with two attached hydrogens (primary N) is 1. The Kier molecular flexibility index (Phi) is 4.89. The lowest BCUT2D eigenvalue weighted by Crippen LogP contribution is -2.11. The average molecular weight is 420 g/mol. The smallest absolute Gasteiger partial charge is 0.248 e. The van der Waals surface area contributed by atoms with Gasteiger partial charge in [-0.3, -0.25) is 0 Å². The Balaban J connectivity index is 1.75. The zero-order valence-corrected chi connectivity index (χ0v) is 17.4. The first kappa shape index (κ1) is 19.3. The molecule has 0 saturated carbocycles. The molecule has 0 amide bonds. The van der Waals surface area contributed by atoms with Crippen molar-refractivity contribution in [2.45, 2.75) is 43.4 Å². The van der Waals surface area contributed by atoms with Gasteiger partial charge in [0.2, 0.25) is 10.0 Å². The number of imidazole rings is 1. The molecule has 4 rings (SSSR count). The highest BCUT2D eigenvalue weighted by Gasteiger charge is 2.27. The summed E-state index contributed by atoms with van der Waals surface area (Å²) in [6, 6.07) is 6.69. The highest BCUT2D eigenvalue weighted by Crippen LogP contribution is 2.38. The molecule has 28 heavy (non-hydrogen) atoms. The molecule has 3 heterocycles. The summed E-state index contributed by atoms with van der Waals surface area (Å²) in [4.78, 5) is 5.22. The maximum Gasteiger partial charge on any atom is 0.248 e. The van der Waals surface area contributed by atoms with Gasteiger partial charge in [0.1, 0.15) is 15.9 Å². The number of nitrogens with zero attached hydrogens (tertiary/aromatic N) is 2. The summed E-state index contributed by atoms with van der Waals surface area (Å²) in [5.41, 5.74) is 1.60. The van der Waals surface area contributed by atoms with E-state index in [0.717, 1.165) is 30.0 Å². The molecule has 8 heteroatoms. The lowest BCUT2D eigenvalue weighted by molar-refractivity contribution is 0.548. The molecule has 0 radical (unpaired) electrons. The number of sulfonamides is 1. The number of fused-ring (bicyclic) bond motifs is 1. The molecule has 2 aromatic heterocycles. The predicted molar refractivity (Wildman–Crippen MR) is 108 cm³/mol. The molecular weight excluding hydrogens is 397 g/mol. The van der Waals surface area contributed by atoms with Crippen molar-refractivity contribution in [3.63, 3.8) is 0 Å². The summed E-state index contributed by atoms with van der Waals surface area (Å²) in [6.07, 6.45) is 5.97. The fourth-order valence-electron chi connectivity index (χ4n) is 3.84. The second-order valence-corrected chi connectivity index (χ2v) is 10.5. The lowest BCUT2D eigenvalue weighted by atomic mass is 9.99. The van der Waals surface area contributed by atoms with Crippen LogP contribution in [0.1, 0.15) is 42.6 Å². The maximum absolute atomic E-state index is 15.0. The van der Waals surface area contributed by atoms with Gasteiger partial charge < -0.3 is 4.57 Å². The van der Waals surface area contributed by atoms with E-state index in [9.17, 15) is 8.42 Å². The van der Waals surface area contributed by atoms with Crippen molar-refractivity contribution in [1.29, 1.82) is 0 Å². The molecule has 1 atom stereocenters. The van der Waals surface area contributed by atoms with Gasteiger partial charge >= 0.3 is 0 Å². The number of hydrogen-bond acceptors (Lipinski definition) is 4. The Hall–Kier alpha value is -2.03. The fraction of sp³-hybridized carbons (Fsp3) is 0.350.